The van der Waals surface area contributed by atoms with E-state index in [0.717, 1.165) is 46.5 Å². The van der Waals surface area contributed by atoms with Crippen molar-refractivity contribution in [1.82, 2.24) is 0 Å². The van der Waals surface area contributed by atoms with E-state index in [9.17, 15) is 10.5 Å². The number of benzene rings is 5. The smallest absolute Gasteiger partial charge is 0.0991 e. The van der Waals surface area contributed by atoms with Crippen LogP contribution in [0.5, 0.6) is 0 Å². The van der Waals surface area contributed by atoms with Crippen LogP contribution in [0.2, 0.25) is 0 Å². The van der Waals surface area contributed by atoms with E-state index in [-0.39, 0.29) is 0 Å². The maximum atomic E-state index is 10.0. The Morgan fingerprint density at radius 1 is 0.543 bits per heavy atom. The van der Waals surface area contributed by atoms with Gasteiger partial charge in [0.15, 0.2) is 0 Å². The third-order valence-corrected chi connectivity index (χ3v) is 9.93. The SMILES string of the molecule is CCCCCc1cc(CCCCC)cc(N2c3ccccc3C3(c4cc(C#N)ccc4-c4ccc(C#N)cc43)c3ccccc32)c1. The first-order valence-electron chi connectivity index (χ1n) is 16.9. The summed E-state index contributed by atoms with van der Waals surface area (Å²) < 4.78 is 0. The molecule has 0 N–H and O–H groups in total. The minimum Gasteiger partial charge on any atom is -0.310 e. The standard InChI is InChI=1S/C43H39N3/c1-3-5-7-13-30-23-31(14-8-6-4-2)25-34(24-30)46-41-17-11-9-15-37(41)43(38-16-10-12-18-42(38)46)39-26-32(28-44)19-21-35(39)36-22-20-33(29-45)27-40(36)43/h9-12,15-27H,3-8,13-14H2,1-2H3. The molecule has 1 spiro atoms. The molecular formula is C43H39N3. The molecule has 0 unspecified atom stereocenters. The van der Waals surface area contributed by atoms with Gasteiger partial charge in [0.05, 0.1) is 40.1 Å². The number of aryl methyl sites for hydroxylation is 2. The van der Waals surface area contributed by atoms with E-state index in [1.165, 1.54) is 66.5 Å². The summed E-state index contributed by atoms with van der Waals surface area (Å²) in [5.74, 6) is 0. The summed E-state index contributed by atoms with van der Waals surface area (Å²) in [6.07, 6.45) is 9.45. The van der Waals surface area contributed by atoms with Crippen molar-refractivity contribution < 1.29 is 0 Å². The van der Waals surface area contributed by atoms with E-state index in [4.69, 9.17) is 0 Å². The normalized spacial score (nSPS) is 13.3. The van der Waals surface area contributed by atoms with Gasteiger partial charge in [-0.05, 0) is 119 Å². The monoisotopic (exact) mass is 597 g/mol. The summed E-state index contributed by atoms with van der Waals surface area (Å²) in [5.41, 5.74) is 13.7. The van der Waals surface area contributed by atoms with Crippen molar-refractivity contribution in [2.45, 2.75) is 70.6 Å². The topological polar surface area (TPSA) is 50.8 Å². The third kappa shape index (κ3) is 4.71. The van der Waals surface area contributed by atoms with E-state index < -0.39 is 5.41 Å². The van der Waals surface area contributed by atoms with Crippen molar-refractivity contribution in [2.24, 2.45) is 0 Å². The van der Waals surface area contributed by atoms with Gasteiger partial charge < -0.3 is 4.90 Å². The molecule has 5 aromatic carbocycles. The lowest BCUT2D eigenvalue weighted by Crippen LogP contribution is -2.36. The molecular weight excluding hydrogens is 558 g/mol. The van der Waals surface area contributed by atoms with Crippen LogP contribution in [0.15, 0.2) is 103 Å². The number of rotatable bonds is 9. The number of anilines is 3. The van der Waals surface area contributed by atoms with Crippen molar-refractivity contribution >= 4 is 17.1 Å². The summed E-state index contributed by atoms with van der Waals surface area (Å²) in [4.78, 5) is 2.46. The lowest BCUT2D eigenvalue weighted by atomic mass is 9.64. The van der Waals surface area contributed by atoms with Crippen LogP contribution in [-0.4, -0.2) is 0 Å². The molecule has 0 saturated heterocycles. The fraction of sp³-hybridized carbons (Fsp3) is 0.256. The van der Waals surface area contributed by atoms with Gasteiger partial charge in [-0.3, -0.25) is 0 Å². The van der Waals surface area contributed by atoms with Crippen LogP contribution in [0, 0.1) is 22.7 Å². The minimum absolute atomic E-state index is 0.639. The summed E-state index contributed by atoms with van der Waals surface area (Å²) in [6.45, 7) is 4.53. The van der Waals surface area contributed by atoms with Gasteiger partial charge in [-0.1, -0.05) is 94.1 Å². The second-order valence-electron chi connectivity index (χ2n) is 12.8. The number of nitriles is 2. The zero-order chi connectivity index (χ0) is 31.7. The molecule has 3 heteroatoms. The minimum atomic E-state index is -0.670. The number of nitrogens with zero attached hydrogens (tertiary/aromatic N) is 3. The zero-order valence-electron chi connectivity index (χ0n) is 26.8. The van der Waals surface area contributed by atoms with Crippen molar-refractivity contribution in [3.8, 4) is 23.3 Å². The van der Waals surface area contributed by atoms with Gasteiger partial charge in [-0.2, -0.15) is 10.5 Å². The molecule has 0 fully saturated rings. The van der Waals surface area contributed by atoms with E-state index in [1.54, 1.807) is 0 Å². The Hall–Kier alpha value is -5.12. The predicted octanol–water partition coefficient (Wildman–Crippen LogP) is 11.0. The zero-order valence-corrected chi connectivity index (χ0v) is 26.8. The van der Waals surface area contributed by atoms with Crippen LogP contribution in [0.4, 0.5) is 17.1 Å². The molecule has 5 aromatic rings. The largest absolute Gasteiger partial charge is 0.310 e. The van der Waals surface area contributed by atoms with Crippen LogP contribution in [-0.2, 0) is 18.3 Å². The summed E-state index contributed by atoms with van der Waals surface area (Å²) in [5, 5.41) is 20.1. The van der Waals surface area contributed by atoms with Crippen LogP contribution in [0.25, 0.3) is 11.1 Å². The fourth-order valence-electron chi connectivity index (χ4n) is 7.89. The highest BCUT2D eigenvalue weighted by Crippen LogP contribution is 2.63. The number of unbranched alkanes of at least 4 members (excludes halogenated alkanes) is 4. The lowest BCUT2D eigenvalue weighted by molar-refractivity contribution is 0.708. The first-order chi connectivity index (χ1) is 22.6. The van der Waals surface area contributed by atoms with Crippen molar-refractivity contribution in [1.29, 1.82) is 10.5 Å². The molecule has 0 saturated carbocycles. The average Bonchev–Trinajstić information content (AvgIpc) is 3.38. The van der Waals surface area contributed by atoms with Gasteiger partial charge >= 0.3 is 0 Å². The Bertz CT molecular complexity index is 1880. The Morgan fingerprint density at radius 2 is 1.02 bits per heavy atom. The number of fused-ring (bicyclic) bond motifs is 9. The number of para-hydroxylation sites is 2. The molecule has 3 nitrogen and oxygen atoms in total. The predicted molar refractivity (Wildman–Crippen MR) is 188 cm³/mol. The van der Waals surface area contributed by atoms with Gasteiger partial charge in [0.2, 0.25) is 0 Å². The first kappa shape index (κ1) is 29.6. The molecule has 2 aliphatic rings. The van der Waals surface area contributed by atoms with E-state index >= 15 is 0 Å². The highest BCUT2D eigenvalue weighted by Gasteiger charge is 2.52. The molecule has 0 bridgehead atoms. The Kier molecular flexibility index (Phi) is 7.94. The molecule has 0 amide bonds. The van der Waals surface area contributed by atoms with Gasteiger partial charge in [-0.15, -0.1) is 0 Å². The van der Waals surface area contributed by atoms with Crippen LogP contribution in [0.3, 0.4) is 0 Å². The molecule has 46 heavy (non-hydrogen) atoms. The van der Waals surface area contributed by atoms with Crippen LogP contribution < -0.4 is 4.90 Å². The maximum absolute atomic E-state index is 10.0. The molecule has 1 heterocycles. The van der Waals surface area contributed by atoms with Gasteiger partial charge in [0, 0.05) is 5.69 Å². The van der Waals surface area contributed by atoms with Crippen LogP contribution in [0.1, 0.15) is 96.9 Å². The molecule has 226 valence electrons. The summed E-state index contributed by atoms with van der Waals surface area (Å²) in [6, 6.07) is 41.7. The van der Waals surface area contributed by atoms with E-state index in [0.29, 0.717) is 11.1 Å². The second-order valence-corrected chi connectivity index (χ2v) is 12.8. The summed E-state index contributed by atoms with van der Waals surface area (Å²) >= 11 is 0. The van der Waals surface area contributed by atoms with Crippen molar-refractivity contribution in [2.75, 3.05) is 4.90 Å². The molecule has 7 rings (SSSR count). The van der Waals surface area contributed by atoms with Gasteiger partial charge in [-0.25, -0.2) is 0 Å². The van der Waals surface area contributed by atoms with Crippen LogP contribution >= 0.6 is 0 Å². The number of hydrogen-bond donors (Lipinski definition) is 0. The Morgan fingerprint density at radius 3 is 1.48 bits per heavy atom. The van der Waals surface area contributed by atoms with Gasteiger partial charge in [0.1, 0.15) is 0 Å². The number of hydrogen-bond acceptors (Lipinski definition) is 3. The van der Waals surface area contributed by atoms with E-state index in [1.807, 2.05) is 12.1 Å². The highest BCUT2D eigenvalue weighted by atomic mass is 15.2. The molecule has 1 aliphatic heterocycles. The first-order valence-corrected chi connectivity index (χ1v) is 16.9. The van der Waals surface area contributed by atoms with E-state index in [2.05, 4.69) is 122 Å². The third-order valence-electron chi connectivity index (χ3n) is 9.93. The quantitative estimate of drug-likeness (QED) is 0.156. The molecule has 0 aromatic heterocycles. The lowest BCUT2D eigenvalue weighted by Gasteiger charge is -2.45. The van der Waals surface area contributed by atoms with Crippen molar-refractivity contribution in [3.63, 3.8) is 0 Å². The molecule has 0 atom stereocenters. The average molecular weight is 598 g/mol. The second kappa shape index (κ2) is 12.3. The highest BCUT2D eigenvalue weighted by molar-refractivity contribution is 5.96. The Balaban J connectivity index is 1.51. The maximum Gasteiger partial charge on any atom is 0.0991 e. The van der Waals surface area contributed by atoms with Crippen molar-refractivity contribution in [3.05, 3.63) is 148 Å². The molecule has 1 aliphatic carbocycles. The fourth-order valence-corrected chi connectivity index (χ4v) is 7.89. The Labute approximate surface area is 273 Å². The molecule has 0 radical (unpaired) electrons. The van der Waals surface area contributed by atoms with Gasteiger partial charge in [0.25, 0.3) is 0 Å². The summed E-state index contributed by atoms with van der Waals surface area (Å²) in [7, 11) is 0.